The molecule has 0 fully saturated rings. The van der Waals surface area contributed by atoms with Gasteiger partial charge in [-0.05, 0) is 67.2 Å². The van der Waals surface area contributed by atoms with Gasteiger partial charge in [-0.1, -0.05) is 75.2 Å². The van der Waals surface area contributed by atoms with Crippen molar-refractivity contribution in [2.45, 2.75) is 97.6 Å². The summed E-state index contributed by atoms with van der Waals surface area (Å²) in [4.78, 5) is 0. The molecule has 0 amide bonds. The molecule has 0 saturated carbocycles. The summed E-state index contributed by atoms with van der Waals surface area (Å²) in [7, 11) is 0. The van der Waals surface area contributed by atoms with Crippen LogP contribution in [0.3, 0.4) is 0 Å². The fraction of sp³-hybridized carbons (Fsp3) is 0.536. The summed E-state index contributed by atoms with van der Waals surface area (Å²) in [5, 5.41) is 8.78. The molecule has 3 nitrogen and oxygen atoms in total. The van der Waals surface area contributed by atoms with E-state index in [-0.39, 0.29) is 6.29 Å². The second-order valence-corrected chi connectivity index (χ2v) is 8.30. The van der Waals surface area contributed by atoms with Crippen LogP contribution in [0.4, 0.5) is 0 Å². The van der Waals surface area contributed by atoms with Crippen LogP contribution in [0.1, 0.15) is 87.5 Å². The van der Waals surface area contributed by atoms with Gasteiger partial charge in [-0.2, -0.15) is 5.26 Å². The third-order valence-electron chi connectivity index (χ3n) is 5.53. The number of ether oxygens (including phenoxy) is 2. The lowest BCUT2D eigenvalue weighted by Crippen LogP contribution is -2.17. The van der Waals surface area contributed by atoms with E-state index in [4.69, 9.17) is 14.7 Å². The standard InChI is InChI=1S/C28H39NO2/c1-3-5-10-24-13-17-26(18-14-24)22-30-28(12-8-7-9-21-29)31-23-27-19-15-25(16-20-27)11-6-4-2/h13-20,28H,3-12,22-23H2,1-2H3. The zero-order valence-corrected chi connectivity index (χ0v) is 19.4. The molecule has 0 unspecified atom stereocenters. The zero-order valence-electron chi connectivity index (χ0n) is 19.4. The van der Waals surface area contributed by atoms with E-state index in [0.29, 0.717) is 19.6 Å². The van der Waals surface area contributed by atoms with Crippen molar-refractivity contribution in [3.8, 4) is 6.07 Å². The van der Waals surface area contributed by atoms with Gasteiger partial charge in [0.1, 0.15) is 0 Å². The molecule has 168 valence electrons. The van der Waals surface area contributed by atoms with Crippen LogP contribution in [-0.4, -0.2) is 6.29 Å². The number of unbranched alkanes of at least 4 members (excludes halogenated alkanes) is 4. The molecule has 31 heavy (non-hydrogen) atoms. The molecule has 0 aliphatic carbocycles. The van der Waals surface area contributed by atoms with Gasteiger partial charge < -0.3 is 9.47 Å². The maximum absolute atomic E-state index is 8.78. The van der Waals surface area contributed by atoms with Crippen molar-refractivity contribution in [3.05, 3.63) is 70.8 Å². The Morgan fingerprint density at radius 2 is 1.13 bits per heavy atom. The monoisotopic (exact) mass is 421 g/mol. The highest BCUT2D eigenvalue weighted by atomic mass is 16.7. The first-order chi connectivity index (χ1) is 15.2. The Bertz CT molecular complexity index is 691. The minimum atomic E-state index is -0.252. The van der Waals surface area contributed by atoms with Gasteiger partial charge in [0, 0.05) is 6.42 Å². The first kappa shape index (κ1) is 25.1. The second kappa shape index (κ2) is 15.6. The zero-order chi connectivity index (χ0) is 22.2. The van der Waals surface area contributed by atoms with Crippen LogP contribution in [0.15, 0.2) is 48.5 Å². The lowest BCUT2D eigenvalue weighted by molar-refractivity contribution is -0.160. The van der Waals surface area contributed by atoms with Gasteiger partial charge >= 0.3 is 0 Å². The van der Waals surface area contributed by atoms with Gasteiger partial charge in [0.25, 0.3) is 0 Å². The van der Waals surface area contributed by atoms with E-state index >= 15 is 0 Å². The number of aryl methyl sites for hydroxylation is 2. The van der Waals surface area contributed by atoms with Crippen LogP contribution in [0.2, 0.25) is 0 Å². The molecule has 0 aliphatic rings. The summed E-state index contributed by atoms with van der Waals surface area (Å²) >= 11 is 0. The first-order valence-electron chi connectivity index (χ1n) is 12.0. The van der Waals surface area contributed by atoms with Gasteiger partial charge in [0.05, 0.1) is 19.3 Å². The number of rotatable bonds is 16. The van der Waals surface area contributed by atoms with Gasteiger partial charge in [0.2, 0.25) is 0 Å². The molecule has 0 bridgehead atoms. The summed E-state index contributed by atoms with van der Waals surface area (Å²) < 4.78 is 12.2. The average molecular weight is 422 g/mol. The molecule has 0 spiro atoms. The second-order valence-electron chi connectivity index (χ2n) is 8.30. The van der Waals surface area contributed by atoms with Crippen LogP contribution in [0.5, 0.6) is 0 Å². The first-order valence-corrected chi connectivity index (χ1v) is 12.0. The molecule has 2 rings (SSSR count). The molecule has 2 aromatic rings. The maximum atomic E-state index is 8.78. The summed E-state index contributed by atoms with van der Waals surface area (Å²) in [5.74, 6) is 0. The summed E-state index contributed by atoms with van der Waals surface area (Å²) in [6.07, 6.45) is 10.1. The highest BCUT2D eigenvalue weighted by Gasteiger charge is 2.11. The van der Waals surface area contributed by atoms with Crippen LogP contribution < -0.4 is 0 Å². The SMILES string of the molecule is CCCCc1ccc(COC(CCCCC#N)OCc2ccc(CCCC)cc2)cc1. The van der Waals surface area contributed by atoms with E-state index in [1.807, 2.05) is 0 Å². The third-order valence-corrected chi connectivity index (χ3v) is 5.53. The maximum Gasteiger partial charge on any atom is 0.158 e. The molecule has 0 N–H and O–H groups in total. The van der Waals surface area contributed by atoms with Crippen molar-refractivity contribution < 1.29 is 9.47 Å². The molecule has 3 heteroatoms. The van der Waals surface area contributed by atoms with E-state index in [1.54, 1.807) is 0 Å². The fourth-order valence-electron chi connectivity index (χ4n) is 3.47. The third kappa shape index (κ3) is 10.6. The summed E-state index contributed by atoms with van der Waals surface area (Å²) in [6, 6.07) is 19.7. The molecular weight excluding hydrogens is 382 g/mol. The van der Waals surface area contributed by atoms with Crippen molar-refractivity contribution in [2.24, 2.45) is 0 Å². The number of nitriles is 1. The molecule has 2 aromatic carbocycles. The van der Waals surface area contributed by atoms with Gasteiger partial charge in [0.15, 0.2) is 6.29 Å². The molecular formula is C28H39NO2. The quantitative estimate of drug-likeness (QED) is 0.208. The number of hydrogen-bond donors (Lipinski definition) is 0. The predicted molar refractivity (Wildman–Crippen MR) is 128 cm³/mol. The molecule has 0 atom stereocenters. The van der Waals surface area contributed by atoms with E-state index in [9.17, 15) is 0 Å². The van der Waals surface area contributed by atoms with E-state index in [0.717, 1.165) is 32.1 Å². The van der Waals surface area contributed by atoms with Crippen LogP contribution >= 0.6 is 0 Å². The summed E-state index contributed by atoms with van der Waals surface area (Å²) in [6.45, 7) is 5.54. The molecule has 0 aromatic heterocycles. The Morgan fingerprint density at radius 3 is 1.55 bits per heavy atom. The predicted octanol–water partition coefficient (Wildman–Crippen LogP) is 7.52. The van der Waals surface area contributed by atoms with Gasteiger partial charge in [-0.15, -0.1) is 0 Å². The molecule has 0 heterocycles. The smallest absolute Gasteiger partial charge is 0.158 e. The number of hydrogen-bond acceptors (Lipinski definition) is 3. The van der Waals surface area contributed by atoms with Crippen LogP contribution in [-0.2, 0) is 35.5 Å². The molecule has 0 saturated heterocycles. The van der Waals surface area contributed by atoms with Crippen LogP contribution in [0.25, 0.3) is 0 Å². The Morgan fingerprint density at radius 1 is 0.677 bits per heavy atom. The highest BCUT2D eigenvalue weighted by Crippen LogP contribution is 2.16. The van der Waals surface area contributed by atoms with Crippen molar-refractivity contribution in [3.63, 3.8) is 0 Å². The average Bonchev–Trinajstić information content (AvgIpc) is 2.81. The Hall–Kier alpha value is -2.15. The van der Waals surface area contributed by atoms with E-state index < -0.39 is 0 Å². The van der Waals surface area contributed by atoms with E-state index in [2.05, 4.69) is 68.4 Å². The topological polar surface area (TPSA) is 42.2 Å². The lowest BCUT2D eigenvalue weighted by Gasteiger charge is -2.19. The Labute approximate surface area is 189 Å². The van der Waals surface area contributed by atoms with Crippen LogP contribution in [0, 0.1) is 11.3 Å². The fourth-order valence-corrected chi connectivity index (χ4v) is 3.47. The van der Waals surface area contributed by atoms with Crippen molar-refractivity contribution in [1.82, 2.24) is 0 Å². The molecule has 0 aliphatic heterocycles. The van der Waals surface area contributed by atoms with Crippen molar-refractivity contribution in [2.75, 3.05) is 0 Å². The minimum absolute atomic E-state index is 0.252. The Kier molecular flexibility index (Phi) is 12.7. The molecule has 0 radical (unpaired) electrons. The normalized spacial score (nSPS) is 11.0. The number of benzene rings is 2. The largest absolute Gasteiger partial charge is 0.348 e. The van der Waals surface area contributed by atoms with Gasteiger partial charge in [-0.3, -0.25) is 0 Å². The Balaban J connectivity index is 1.85. The van der Waals surface area contributed by atoms with Gasteiger partial charge in [-0.25, -0.2) is 0 Å². The van der Waals surface area contributed by atoms with Crippen molar-refractivity contribution >= 4 is 0 Å². The van der Waals surface area contributed by atoms with E-state index in [1.165, 1.54) is 47.9 Å². The minimum Gasteiger partial charge on any atom is -0.348 e. The summed E-state index contributed by atoms with van der Waals surface area (Å²) in [5.41, 5.74) is 5.12. The lowest BCUT2D eigenvalue weighted by atomic mass is 10.1. The highest BCUT2D eigenvalue weighted by molar-refractivity contribution is 5.23. The number of nitrogens with zero attached hydrogens (tertiary/aromatic N) is 1. The van der Waals surface area contributed by atoms with Crippen molar-refractivity contribution in [1.29, 1.82) is 5.26 Å².